The van der Waals surface area contributed by atoms with Crippen LogP contribution in [0.25, 0.3) is 11.5 Å². The molecule has 0 spiro atoms. The van der Waals surface area contributed by atoms with Gasteiger partial charge in [-0.15, -0.1) is 10.2 Å². The van der Waals surface area contributed by atoms with Crippen LogP contribution in [0.2, 0.25) is 0 Å². The summed E-state index contributed by atoms with van der Waals surface area (Å²) in [6.07, 6.45) is -0.647. The van der Waals surface area contributed by atoms with Crippen molar-refractivity contribution < 1.29 is 18.7 Å². The minimum Gasteiger partial charge on any atom is -0.497 e. The van der Waals surface area contributed by atoms with Gasteiger partial charge in [0.05, 0.1) is 12.7 Å². The summed E-state index contributed by atoms with van der Waals surface area (Å²) >= 11 is 0. The van der Waals surface area contributed by atoms with Crippen molar-refractivity contribution in [3.63, 3.8) is 0 Å². The Morgan fingerprint density at radius 2 is 1.80 bits per heavy atom. The van der Waals surface area contributed by atoms with Gasteiger partial charge in [-0.2, -0.15) is 0 Å². The molecule has 25 heavy (non-hydrogen) atoms. The molecule has 0 saturated heterocycles. The molecule has 1 aromatic heterocycles. The van der Waals surface area contributed by atoms with Gasteiger partial charge in [-0.3, -0.25) is 0 Å². The van der Waals surface area contributed by atoms with Crippen molar-refractivity contribution in [1.29, 1.82) is 0 Å². The summed E-state index contributed by atoms with van der Waals surface area (Å²) in [5.41, 5.74) is 2.13. The smallest absolute Gasteiger partial charge is 0.339 e. The summed E-state index contributed by atoms with van der Waals surface area (Å²) in [4.78, 5) is 12.3. The molecule has 3 aromatic rings. The maximum atomic E-state index is 12.3. The molecule has 0 aliphatic carbocycles. The third-order valence-electron chi connectivity index (χ3n) is 3.77. The number of rotatable bonds is 5. The van der Waals surface area contributed by atoms with E-state index in [0.717, 1.165) is 16.9 Å². The lowest BCUT2D eigenvalue weighted by molar-refractivity contribution is 0.0279. The molecule has 0 fully saturated rings. The van der Waals surface area contributed by atoms with Crippen molar-refractivity contribution in [3.05, 3.63) is 65.5 Å². The number of esters is 1. The minimum atomic E-state index is -0.647. The number of aryl methyl sites for hydroxylation is 1. The Bertz CT molecular complexity index is 871. The highest BCUT2D eigenvalue weighted by atomic mass is 16.6. The van der Waals surface area contributed by atoms with Gasteiger partial charge in [0.2, 0.25) is 5.89 Å². The molecular weight excluding hydrogens is 320 g/mol. The van der Waals surface area contributed by atoms with Crippen LogP contribution in [0.15, 0.2) is 52.9 Å². The number of aromatic nitrogens is 2. The van der Waals surface area contributed by atoms with Crippen molar-refractivity contribution in [2.75, 3.05) is 7.11 Å². The zero-order valence-corrected chi connectivity index (χ0v) is 14.2. The molecule has 0 saturated carbocycles. The van der Waals surface area contributed by atoms with Crippen molar-refractivity contribution >= 4 is 5.97 Å². The van der Waals surface area contributed by atoms with E-state index in [1.165, 1.54) is 0 Å². The highest BCUT2D eigenvalue weighted by molar-refractivity contribution is 5.91. The molecule has 0 radical (unpaired) electrons. The van der Waals surface area contributed by atoms with Crippen LogP contribution in [-0.4, -0.2) is 23.3 Å². The monoisotopic (exact) mass is 338 g/mol. The Morgan fingerprint density at radius 3 is 2.48 bits per heavy atom. The van der Waals surface area contributed by atoms with Crippen LogP contribution >= 0.6 is 0 Å². The fraction of sp³-hybridized carbons (Fsp3) is 0.211. The summed E-state index contributed by atoms with van der Waals surface area (Å²) < 4.78 is 16.2. The highest BCUT2D eigenvalue weighted by Crippen LogP contribution is 2.25. The third-order valence-corrected chi connectivity index (χ3v) is 3.77. The second-order valence-electron chi connectivity index (χ2n) is 5.54. The van der Waals surface area contributed by atoms with E-state index in [0.29, 0.717) is 11.5 Å². The van der Waals surface area contributed by atoms with Crippen LogP contribution in [-0.2, 0) is 4.74 Å². The van der Waals surface area contributed by atoms with E-state index in [1.807, 2.05) is 31.2 Å². The molecule has 0 amide bonds. The molecule has 1 unspecified atom stereocenters. The molecule has 0 aliphatic rings. The van der Waals surface area contributed by atoms with E-state index in [1.54, 1.807) is 38.3 Å². The van der Waals surface area contributed by atoms with Crippen LogP contribution in [0, 0.1) is 6.92 Å². The van der Waals surface area contributed by atoms with Gasteiger partial charge in [0, 0.05) is 5.56 Å². The maximum Gasteiger partial charge on any atom is 0.339 e. The predicted molar refractivity (Wildman–Crippen MR) is 91.3 cm³/mol. The summed E-state index contributed by atoms with van der Waals surface area (Å²) in [6, 6.07) is 14.5. The average molecular weight is 338 g/mol. The first-order valence-electron chi connectivity index (χ1n) is 7.83. The Hall–Kier alpha value is -3.15. The first-order valence-corrected chi connectivity index (χ1v) is 7.83. The number of ether oxygens (including phenoxy) is 2. The first kappa shape index (κ1) is 16.7. The number of hydrogen-bond donors (Lipinski definition) is 0. The number of carbonyl (C=O) groups excluding carboxylic acids is 1. The molecule has 3 rings (SSSR count). The molecule has 1 atom stereocenters. The fourth-order valence-electron chi connectivity index (χ4n) is 2.33. The number of benzene rings is 2. The molecule has 1 heterocycles. The van der Waals surface area contributed by atoms with Crippen LogP contribution < -0.4 is 4.74 Å². The van der Waals surface area contributed by atoms with E-state index in [4.69, 9.17) is 13.9 Å². The molecule has 0 aliphatic heterocycles. The summed E-state index contributed by atoms with van der Waals surface area (Å²) in [5, 5.41) is 7.99. The molecule has 2 aromatic carbocycles. The van der Waals surface area contributed by atoms with Crippen molar-refractivity contribution in [2.45, 2.75) is 20.0 Å². The maximum absolute atomic E-state index is 12.3. The Kier molecular flexibility index (Phi) is 4.79. The second kappa shape index (κ2) is 7.17. The number of nitrogens with zero attached hydrogens (tertiary/aromatic N) is 2. The largest absolute Gasteiger partial charge is 0.497 e. The van der Waals surface area contributed by atoms with Gasteiger partial charge >= 0.3 is 5.97 Å². The van der Waals surface area contributed by atoms with Crippen molar-refractivity contribution in [2.24, 2.45) is 0 Å². The summed E-state index contributed by atoms with van der Waals surface area (Å²) in [5.74, 6) is 0.919. The van der Waals surface area contributed by atoms with Gasteiger partial charge in [0.25, 0.3) is 5.89 Å². The fourth-order valence-corrected chi connectivity index (χ4v) is 2.33. The van der Waals surface area contributed by atoms with Gasteiger partial charge in [0.1, 0.15) is 5.75 Å². The van der Waals surface area contributed by atoms with Gasteiger partial charge < -0.3 is 13.9 Å². The van der Waals surface area contributed by atoms with Gasteiger partial charge in [-0.25, -0.2) is 4.79 Å². The summed E-state index contributed by atoms with van der Waals surface area (Å²) in [6.45, 7) is 3.55. The second-order valence-corrected chi connectivity index (χ2v) is 5.54. The summed E-state index contributed by atoms with van der Waals surface area (Å²) in [7, 11) is 1.60. The number of carbonyl (C=O) groups is 1. The number of methoxy groups -OCH3 is 1. The molecule has 6 heteroatoms. The predicted octanol–water partition coefficient (Wildman–Crippen LogP) is 3.97. The SMILES string of the molecule is COc1ccc(-c2nnc(C(C)OC(=O)c3ccccc3C)o2)cc1. The zero-order valence-electron chi connectivity index (χ0n) is 14.2. The third kappa shape index (κ3) is 3.68. The van der Waals surface area contributed by atoms with E-state index in [-0.39, 0.29) is 5.89 Å². The Labute approximate surface area is 145 Å². The molecule has 128 valence electrons. The zero-order chi connectivity index (χ0) is 17.8. The number of hydrogen-bond acceptors (Lipinski definition) is 6. The van der Waals surface area contributed by atoms with E-state index in [9.17, 15) is 4.79 Å². The van der Waals surface area contributed by atoms with Crippen LogP contribution in [0.1, 0.15) is 34.8 Å². The van der Waals surface area contributed by atoms with E-state index < -0.39 is 12.1 Å². The minimum absolute atomic E-state index is 0.243. The molecule has 0 N–H and O–H groups in total. The van der Waals surface area contributed by atoms with Crippen molar-refractivity contribution in [3.8, 4) is 17.2 Å². The van der Waals surface area contributed by atoms with Gasteiger partial charge in [-0.05, 0) is 49.7 Å². The van der Waals surface area contributed by atoms with Crippen LogP contribution in [0.5, 0.6) is 5.75 Å². The quantitative estimate of drug-likeness (QED) is 0.655. The molecular formula is C19H18N2O4. The molecule has 0 bridgehead atoms. The first-order chi connectivity index (χ1) is 12.1. The van der Waals surface area contributed by atoms with E-state index in [2.05, 4.69) is 10.2 Å². The van der Waals surface area contributed by atoms with Gasteiger partial charge in [-0.1, -0.05) is 18.2 Å². The molecule has 6 nitrogen and oxygen atoms in total. The topological polar surface area (TPSA) is 74.5 Å². The van der Waals surface area contributed by atoms with Crippen molar-refractivity contribution in [1.82, 2.24) is 10.2 Å². The van der Waals surface area contributed by atoms with Crippen LogP contribution in [0.4, 0.5) is 0 Å². The lowest BCUT2D eigenvalue weighted by atomic mass is 10.1. The van der Waals surface area contributed by atoms with Crippen LogP contribution in [0.3, 0.4) is 0 Å². The van der Waals surface area contributed by atoms with E-state index >= 15 is 0 Å². The highest BCUT2D eigenvalue weighted by Gasteiger charge is 2.20. The normalized spacial score (nSPS) is 11.8. The lowest BCUT2D eigenvalue weighted by Gasteiger charge is -2.10. The average Bonchev–Trinajstić information content (AvgIpc) is 3.12. The Morgan fingerprint density at radius 1 is 1.08 bits per heavy atom. The lowest BCUT2D eigenvalue weighted by Crippen LogP contribution is -2.10. The van der Waals surface area contributed by atoms with Gasteiger partial charge in [0.15, 0.2) is 6.10 Å². The standard InChI is InChI=1S/C19H18N2O4/c1-12-6-4-5-7-16(12)19(22)24-13(2)17-20-21-18(25-17)14-8-10-15(23-3)11-9-14/h4-11,13H,1-3H3. The Balaban J connectivity index is 1.73.